The van der Waals surface area contributed by atoms with Crippen LogP contribution in [0.4, 0.5) is 0 Å². The fourth-order valence-electron chi connectivity index (χ4n) is 2.59. The van der Waals surface area contributed by atoms with Crippen LogP contribution in [0.2, 0.25) is 0 Å². The minimum Gasteiger partial charge on any atom is -0.471 e. The second kappa shape index (κ2) is 6.59. The molecule has 1 amide bonds. The third kappa shape index (κ3) is 3.48. The number of carbonyl (C=O) groups excluding carboxylic acids is 2. The van der Waals surface area contributed by atoms with Crippen LogP contribution < -0.4 is 4.57 Å². The molecule has 3 rings (SSSR count). The minimum absolute atomic E-state index is 0.00293. The molecule has 1 atom stereocenters. The zero-order valence-corrected chi connectivity index (χ0v) is 15.1. The van der Waals surface area contributed by atoms with E-state index in [-0.39, 0.29) is 23.7 Å². The SMILES string of the molecule is CC(C)(C)C(=O)COC1=C(C[n+]2ccccc2)CS[C@H]2CC(=O)N12. The summed E-state index contributed by atoms with van der Waals surface area (Å²) >= 11 is 1.76. The Kier molecular flexibility index (Phi) is 4.67. The summed E-state index contributed by atoms with van der Waals surface area (Å²) in [5.74, 6) is 1.50. The van der Waals surface area contributed by atoms with E-state index < -0.39 is 5.41 Å². The Hall–Kier alpha value is -1.82. The van der Waals surface area contributed by atoms with E-state index in [1.165, 1.54) is 0 Å². The number of pyridine rings is 1. The Morgan fingerprint density at radius 3 is 2.67 bits per heavy atom. The van der Waals surface area contributed by atoms with Crippen molar-refractivity contribution in [1.29, 1.82) is 0 Å². The maximum atomic E-state index is 12.2. The molecular weight excluding hydrogens is 324 g/mol. The Morgan fingerprint density at radius 2 is 2.04 bits per heavy atom. The quantitative estimate of drug-likeness (QED) is 0.605. The molecule has 2 aliphatic heterocycles. The topological polar surface area (TPSA) is 50.5 Å². The molecule has 3 heterocycles. The van der Waals surface area contributed by atoms with Gasteiger partial charge < -0.3 is 4.74 Å². The fraction of sp³-hybridized carbons (Fsp3) is 0.500. The number of ketones is 1. The fourth-order valence-corrected chi connectivity index (χ4v) is 3.82. The maximum Gasteiger partial charge on any atom is 0.233 e. The summed E-state index contributed by atoms with van der Waals surface area (Å²) in [5, 5.41) is 0.154. The molecule has 0 unspecified atom stereocenters. The molecule has 1 aromatic heterocycles. The second-order valence-corrected chi connectivity index (χ2v) is 8.32. The number of ether oxygens (including phenoxy) is 1. The van der Waals surface area contributed by atoms with Crippen LogP contribution in [0.25, 0.3) is 0 Å². The summed E-state index contributed by atoms with van der Waals surface area (Å²) in [6.45, 7) is 6.29. The third-order valence-corrected chi connectivity index (χ3v) is 5.48. The van der Waals surface area contributed by atoms with Crippen LogP contribution in [0.5, 0.6) is 0 Å². The molecule has 0 spiro atoms. The number of Topliss-reactive ketones (excluding diaryl/α,β-unsaturated/α-hetero) is 1. The molecule has 0 aliphatic carbocycles. The highest BCUT2D eigenvalue weighted by molar-refractivity contribution is 8.00. The van der Waals surface area contributed by atoms with Gasteiger partial charge in [0.15, 0.2) is 24.7 Å². The monoisotopic (exact) mass is 347 g/mol. The van der Waals surface area contributed by atoms with Gasteiger partial charge in [-0.25, -0.2) is 4.57 Å². The first kappa shape index (κ1) is 17.0. The van der Waals surface area contributed by atoms with Gasteiger partial charge in [-0.05, 0) is 0 Å². The first-order chi connectivity index (χ1) is 11.4. The number of carbonyl (C=O) groups is 2. The smallest absolute Gasteiger partial charge is 0.233 e. The first-order valence-corrected chi connectivity index (χ1v) is 9.17. The van der Waals surface area contributed by atoms with Gasteiger partial charge in [0, 0.05) is 23.3 Å². The van der Waals surface area contributed by atoms with Gasteiger partial charge in [-0.15, -0.1) is 11.8 Å². The molecule has 1 fully saturated rings. The molecule has 1 saturated heterocycles. The summed E-state index contributed by atoms with van der Waals surface area (Å²) in [6, 6.07) is 5.91. The van der Waals surface area contributed by atoms with Crippen LogP contribution in [-0.2, 0) is 20.9 Å². The zero-order valence-electron chi connectivity index (χ0n) is 14.3. The first-order valence-electron chi connectivity index (χ1n) is 8.12. The Balaban J connectivity index is 1.82. The van der Waals surface area contributed by atoms with Crippen molar-refractivity contribution in [3.8, 4) is 0 Å². The lowest BCUT2D eigenvalue weighted by molar-refractivity contribution is -0.689. The van der Waals surface area contributed by atoms with Crippen molar-refractivity contribution in [2.75, 3.05) is 12.4 Å². The lowest BCUT2D eigenvalue weighted by Gasteiger charge is -2.44. The molecular formula is C18H23N2O3S+. The van der Waals surface area contributed by atoms with E-state index in [9.17, 15) is 9.59 Å². The summed E-state index contributed by atoms with van der Waals surface area (Å²) < 4.78 is 7.92. The molecule has 0 radical (unpaired) electrons. The highest BCUT2D eigenvalue weighted by atomic mass is 32.2. The number of fused-ring (bicyclic) bond motifs is 1. The van der Waals surface area contributed by atoms with Gasteiger partial charge in [-0.1, -0.05) is 26.8 Å². The van der Waals surface area contributed by atoms with E-state index in [4.69, 9.17) is 4.74 Å². The van der Waals surface area contributed by atoms with Crippen LogP contribution in [0, 0.1) is 5.41 Å². The molecule has 0 aromatic carbocycles. The third-order valence-electron chi connectivity index (χ3n) is 4.20. The maximum absolute atomic E-state index is 12.2. The van der Waals surface area contributed by atoms with Crippen LogP contribution in [0.1, 0.15) is 27.2 Å². The van der Waals surface area contributed by atoms with E-state index in [0.717, 1.165) is 11.3 Å². The normalized spacial score (nSPS) is 20.5. The number of β-lactam (4-membered cyclic amide) rings is 1. The van der Waals surface area contributed by atoms with Gasteiger partial charge in [-0.3, -0.25) is 14.5 Å². The highest BCUT2D eigenvalue weighted by Gasteiger charge is 2.45. The number of hydrogen-bond acceptors (Lipinski definition) is 4. The van der Waals surface area contributed by atoms with Gasteiger partial charge in [0.1, 0.15) is 6.61 Å². The molecule has 0 saturated carbocycles. The number of thioether (sulfide) groups is 1. The molecule has 0 bridgehead atoms. The van der Waals surface area contributed by atoms with Crippen LogP contribution in [-0.4, -0.2) is 34.3 Å². The van der Waals surface area contributed by atoms with Crippen molar-refractivity contribution in [1.82, 2.24) is 4.90 Å². The average molecular weight is 347 g/mol. The van der Waals surface area contributed by atoms with Crippen molar-refractivity contribution in [3.63, 3.8) is 0 Å². The molecule has 5 nitrogen and oxygen atoms in total. The average Bonchev–Trinajstić information content (AvgIpc) is 2.53. The van der Waals surface area contributed by atoms with E-state index >= 15 is 0 Å². The van der Waals surface area contributed by atoms with Crippen molar-refractivity contribution < 1.29 is 18.9 Å². The van der Waals surface area contributed by atoms with Gasteiger partial charge >= 0.3 is 0 Å². The van der Waals surface area contributed by atoms with Gasteiger partial charge in [-0.2, -0.15) is 0 Å². The summed E-state index contributed by atoms with van der Waals surface area (Å²) in [7, 11) is 0. The number of nitrogens with zero attached hydrogens (tertiary/aromatic N) is 2. The molecule has 24 heavy (non-hydrogen) atoms. The highest BCUT2D eigenvalue weighted by Crippen LogP contribution is 2.40. The van der Waals surface area contributed by atoms with E-state index in [2.05, 4.69) is 4.57 Å². The van der Waals surface area contributed by atoms with Crippen LogP contribution >= 0.6 is 11.8 Å². The molecule has 128 valence electrons. The van der Waals surface area contributed by atoms with Crippen LogP contribution in [0.15, 0.2) is 42.0 Å². The Labute approximate surface area is 146 Å². The summed E-state index contributed by atoms with van der Waals surface area (Å²) in [6.07, 6.45) is 4.52. The largest absolute Gasteiger partial charge is 0.471 e. The lowest BCUT2D eigenvalue weighted by atomic mass is 9.91. The lowest BCUT2D eigenvalue weighted by Crippen LogP contribution is -2.54. The number of amides is 1. The minimum atomic E-state index is -0.448. The molecule has 6 heteroatoms. The predicted molar refractivity (Wildman–Crippen MR) is 91.8 cm³/mol. The summed E-state index contributed by atoms with van der Waals surface area (Å²) in [5.41, 5.74) is 0.596. The number of hydrogen-bond donors (Lipinski definition) is 0. The Morgan fingerprint density at radius 1 is 1.33 bits per heavy atom. The van der Waals surface area contributed by atoms with E-state index in [1.807, 2.05) is 51.4 Å². The standard InChI is InChI=1S/C18H23N2O3S/c1-18(2,3)14(21)11-23-17-13(10-19-7-5-4-6-8-19)12-24-16-9-15(22)20(16)17/h4-8,16H,9-12H2,1-3H3/q+1/t16-/m0/s1. The van der Waals surface area contributed by atoms with E-state index in [1.54, 1.807) is 16.7 Å². The van der Waals surface area contributed by atoms with Crippen molar-refractivity contribution >= 4 is 23.5 Å². The Bertz CT molecular complexity index is 679. The van der Waals surface area contributed by atoms with Crippen LogP contribution in [0.3, 0.4) is 0 Å². The van der Waals surface area contributed by atoms with Crippen molar-refractivity contribution in [2.45, 2.75) is 39.1 Å². The second-order valence-electron chi connectivity index (χ2n) is 7.15. The number of rotatable bonds is 5. The zero-order chi connectivity index (χ0) is 17.3. The van der Waals surface area contributed by atoms with Gasteiger partial charge in [0.25, 0.3) is 0 Å². The van der Waals surface area contributed by atoms with Crippen molar-refractivity contribution in [3.05, 3.63) is 42.0 Å². The molecule has 1 aromatic rings. The molecule has 2 aliphatic rings. The van der Waals surface area contributed by atoms with Crippen molar-refractivity contribution in [2.24, 2.45) is 5.41 Å². The van der Waals surface area contributed by atoms with Gasteiger partial charge in [0.05, 0.1) is 17.4 Å². The predicted octanol–water partition coefficient (Wildman–Crippen LogP) is 2.12. The van der Waals surface area contributed by atoms with E-state index in [0.29, 0.717) is 18.8 Å². The molecule has 0 N–H and O–H groups in total. The number of aromatic nitrogens is 1. The van der Waals surface area contributed by atoms with Gasteiger partial charge in [0.2, 0.25) is 11.8 Å². The summed E-state index contributed by atoms with van der Waals surface area (Å²) in [4.78, 5) is 25.9.